The molecule has 3 rings (SSSR count). The smallest absolute Gasteiger partial charge is 0.0373 e. The molecule has 0 saturated carbocycles. The summed E-state index contributed by atoms with van der Waals surface area (Å²) >= 11 is 0. The molecule has 1 saturated heterocycles. The van der Waals surface area contributed by atoms with Crippen molar-refractivity contribution in [2.24, 2.45) is 5.92 Å². The highest BCUT2D eigenvalue weighted by Gasteiger charge is 2.33. The number of aromatic nitrogens is 1. The van der Waals surface area contributed by atoms with Crippen LogP contribution in [0.4, 0.5) is 0 Å². The van der Waals surface area contributed by atoms with Crippen molar-refractivity contribution in [1.82, 2.24) is 10.3 Å². The molecule has 1 aromatic rings. The Labute approximate surface area is 90.4 Å². The molecule has 0 radical (unpaired) electrons. The largest absolute Gasteiger partial charge is 0.310 e. The Morgan fingerprint density at radius 2 is 2.33 bits per heavy atom. The van der Waals surface area contributed by atoms with Crippen molar-refractivity contribution in [2.45, 2.75) is 25.8 Å². The zero-order chi connectivity index (χ0) is 10.3. The predicted molar refractivity (Wildman–Crippen MR) is 61.5 cm³/mol. The van der Waals surface area contributed by atoms with E-state index in [-0.39, 0.29) is 0 Å². The molecule has 2 aliphatic rings. The van der Waals surface area contributed by atoms with E-state index in [0.29, 0.717) is 6.04 Å². The minimum Gasteiger partial charge on any atom is -0.310 e. The fourth-order valence-corrected chi connectivity index (χ4v) is 2.72. The molecule has 0 amide bonds. The van der Waals surface area contributed by atoms with E-state index < -0.39 is 0 Å². The van der Waals surface area contributed by atoms with Crippen molar-refractivity contribution in [3.05, 3.63) is 35.7 Å². The van der Waals surface area contributed by atoms with Gasteiger partial charge in [0.25, 0.3) is 0 Å². The van der Waals surface area contributed by atoms with Crippen molar-refractivity contribution >= 4 is 5.57 Å². The number of hydrogen-bond acceptors (Lipinski definition) is 2. The minimum absolute atomic E-state index is 0.592. The Balaban J connectivity index is 1.91. The van der Waals surface area contributed by atoms with Crippen LogP contribution in [0.3, 0.4) is 0 Å². The third kappa shape index (κ3) is 1.49. The Kier molecular flexibility index (Phi) is 2.10. The Bertz CT molecular complexity index is 392. The van der Waals surface area contributed by atoms with Crippen LogP contribution < -0.4 is 5.32 Å². The van der Waals surface area contributed by atoms with Crippen LogP contribution in [0.5, 0.6) is 0 Å². The van der Waals surface area contributed by atoms with Crippen LogP contribution in [0.15, 0.2) is 24.4 Å². The monoisotopic (exact) mass is 200 g/mol. The fraction of sp³-hybridized carbons (Fsp3) is 0.462. The first-order chi connectivity index (χ1) is 7.34. The van der Waals surface area contributed by atoms with Gasteiger partial charge in [0.15, 0.2) is 0 Å². The number of nitrogens with zero attached hydrogens (tertiary/aromatic N) is 1. The lowest BCUT2D eigenvalue weighted by atomic mass is 9.97. The quantitative estimate of drug-likeness (QED) is 0.751. The fourth-order valence-electron chi connectivity index (χ4n) is 2.72. The highest BCUT2D eigenvalue weighted by atomic mass is 15.0. The van der Waals surface area contributed by atoms with Gasteiger partial charge in [-0.1, -0.05) is 12.1 Å². The second-order valence-corrected chi connectivity index (χ2v) is 4.56. The molecule has 0 aromatic carbocycles. The van der Waals surface area contributed by atoms with E-state index in [1.54, 1.807) is 0 Å². The van der Waals surface area contributed by atoms with Crippen LogP contribution in [0.2, 0.25) is 0 Å². The average Bonchev–Trinajstić information content (AvgIpc) is 2.80. The molecule has 1 fully saturated rings. The topological polar surface area (TPSA) is 24.9 Å². The predicted octanol–water partition coefficient (Wildman–Crippen LogP) is 2.16. The number of pyridine rings is 1. The van der Waals surface area contributed by atoms with Crippen LogP contribution >= 0.6 is 0 Å². The minimum atomic E-state index is 0.592. The van der Waals surface area contributed by atoms with Gasteiger partial charge in [-0.3, -0.25) is 4.98 Å². The maximum atomic E-state index is 4.37. The van der Waals surface area contributed by atoms with Crippen LogP contribution in [-0.2, 0) is 0 Å². The molecule has 1 aliphatic heterocycles. The maximum absolute atomic E-state index is 4.37. The van der Waals surface area contributed by atoms with Crippen molar-refractivity contribution in [2.75, 3.05) is 6.54 Å². The SMILES string of the molecule is Cc1ccc(C2=CC[C@@H]3CCN[C@H]23)cn1. The van der Waals surface area contributed by atoms with Crippen LogP contribution in [-0.4, -0.2) is 17.6 Å². The first-order valence-corrected chi connectivity index (χ1v) is 5.71. The van der Waals surface area contributed by atoms with Gasteiger partial charge in [-0.25, -0.2) is 0 Å². The van der Waals surface area contributed by atoms with E-state index in [1.807, 2.05) is 13.1 Å². The summed E-state index contributed by atoms with van der Waals surface area (Å²) in [5, 5.41) is 3.59. The van der Waals surface area contributed by atoms with Crippen molar-refractivity contribution in [3.8, 4) is 0 Å². The molecule has 0 spiro atoms. The Hall–Kier alpha value is -1.15. The first kappa shape index (κ1) is 9.10. The van der Waals surface area contributed by atoms with Gasteiger partial charge in [0.1, 0.15) is 0 Å². The second-order valence-electron chi connectivity index (χ2n) is 4.56. The lowest BCUT2D eigenvalue weighted by Crippen LogP contribution is -2.24. The molecule has 2 nitrogen and oxygen atoms in total. The van der Waals surface area contributed by atoms with Crippen molar-refractivity contribution < 1.29 is 0 Å². The van der Waals surface area contributed by atoms with Crippen LogP contribution in [0.1, 0.15) is 24.1 Å². The standard InChI is InChI=1S/C13H16N2/c1-9-2-3-11(8-15-9)12-5-4-10-6-7-14-13(10)12/h2-3,5,8,10,13-14H,4,6-7H2,1H3/t10-,13+/m1/s1. The number of nitrogens with one attached hydrogen (secondary N) is 1. The van der Waals surface area contributed by atoms with E-state index in [1.165, 1.54) is 30.5 Å². The number of fused-ring (bicyclic) bond motifs is 1. The highest BCUT2D eigenvalue weighted by molar-refractivity contribution is 5.72. The lowest BCUT2D eigenvalue weighted by Gasteiger charge is -2.14. The van der Waals surface area contributed by atoms with Crippen molar-refractivity contribution in [1.29, 1.82) is 0 Å². The van der Waals surface area contributed by atoms with Gasteiger partial charge in [0, 0.05) is 17.9 Å². The number of allylic oxidation sites excluding steroid dienone is 1. The molecule has 2 heterocycles. The molecule has 1 aromatic heterocycles. The third-order valence-corrected chi connectivity index (χ3v) is 3.57. The summed E-state index contributed by atoms with van der Waals surface area (Å²) in [6.45, 7) is 3.20. The Morgan fingerprint density at radius 3 is 3.13 bits per heavy atom. The van der Waals surface area contributed by atoms with Gasteiger partial charge in [-0.05, 0) is 49.4 Å². The van der Waals surface area contributed by atoms with Crippen molar-refractivity contribution in [3.63, 3.8) is 0 Å². The van der Waals surface area contributed by atoms with E-state index in [4.69, 9.17) is 0 Å². The molecule has 2 atom stereocenters. The van der Waals surface area contributed by atoms with Gasteiger partial charge in [-0.2, -0.15) is 0 Å². The average molecular weight is 200 g/mol. The molecule has 2 heteroatoms. The van der Waals surface area contributed by atoms with Gasteiger partial charge in [-0.15, -0.1) is 0 Å². The van der Waals surface area contributed by atoms with Gasteiger partial charge in [0.05, 0.1) is 0 Å². The second kappa shape index (κ2) is 3.46. The Morgan fingerprint density at radius 1 is 1.40 bits per heavy atom. The molecule has 0 bridgehead atoms. The summed E-state index contributed by atoms with van der Waals surface area (Å²) < 4.78 is 0. The van der Waals surface area contributed by atoms with E-state index in [0.717, 1.165) is 11.6 Å². The molecular weight excluding hydrogens is 184 g/mol. The first-order valence-electron chi connectivity index (χ1n) is 5.71. The lowest BCUT2D eigenvalue weighted by molar-refractivity contribution is 0.557. The summed E-state index contributed by atoms with van der Waals surface area (Å²) in [4.78, 5) is 4.37. The number of rotatable bonds is 1. The van der Waals surface area contributed by atoms with E-state index in [9.17, 15) is 0 Å². The summed E-state index contributed by atoms with van der Waals surface area (Å²) in [6, 6.07) is 4.88. The highest BCUT2D eigenvalue weighted by Crippen LogP contribution is 2.37. The van der Waals surface area contributed by atoms with Gasteiger partial charge < -0.3 is 5.32 Å². The number of hydrogen-bond donors (Lipinski definition) is 1. The molecule has 78 valence electrons. The molecular formula is C13H16N2. The normalized spacial score (nSPS) is 29.0. The number of aryl methyl sites for hydroxylation is 1. The van der Waals surface area contributed by atoms with E-state index in [2.05, 4.69) is 28.5 Å². The molecule has 1 N–H and O–H groups in total. The zero-order valence-corrected chi connectivity index (χ0v) is 9.03. The van der Waals surface area contributed by atoms with Gasteiger partial charge >= 0.3 is 0 Å². The molecule has 0 unspecified atom stereocenters. The zero-order valence-electron chi connectivity index (χ0n) is 9.03. The van der Waals surface area contributed by atoms with Crippen LogP contribution in [0, 0.1) is 12.8 Å². The summed E-state index contributed by atoms with van der Waals surface area (Å²) in [5.41, 5.74) is 3.85. The van der Waals surface area contributed by atoms with E-state index >= 15 is 0 Å². The van der Waals surface area contributed by atoms with Gasteiger partial charge in [0.2, 0.25) is 0 Å². The van der Waals surface area contributed by atoms with Crippen LogP contribution in [0.25, 0.3) is 5.57 Å². The maximum Gasteiger partial charge on any atom is 0.0373 e. The summed E-state index contributed by atoms with van der Waals surface area (Å²) in [7, 11) is 0. The molecule has 1 aliphatic carbocycles. The summed E-state index contributed by atoms with van der Waals surface area (Å²) in [6.07, 6.45) is 6.95. The third-order valence-electron chi connectivity index (χ3n) is 3.57. The molecule has 15 heavy (non-hydrogen) atoms. The summed E-state index contributed by atoms with van der Waals surface area (Å²) in [5.74, 6) is 0.835.